The van der Waals surface area contributed by atoms with Gasteiger partial charge < -0.3 is 4.74 Å². The molecule has 2 aromatic heterocycles. The first-order valence-corrected chi connectivity index (χ1v) is 12.3. The summed E-state index contributed by atoms with van der Waals surface area (Å²) in [5, 5.41) is 3.90. The Hall–Kier alpha value is -0.790. The summed E-state index contributed by atoms with van der Waals surface area (Å²) in [4.78, 5) is 12.0. The van der Waals surface area contributed by atoms with Crippen LogP contribution in [0.3, 0.4) is 0 Å². The van der Waals surface area contributed by atoms with Gasteiger partial charge in [-0.15, -0.1) is 23.1 Å². The van der Waals surface area contributed by atoms with Crippen molar-refractivity contribution in [2.45, 2.75) is 54.8 Å². The molecule has 1 aromatic carbocycles. The number of benzene rings is 1. The van der Waals surface area contributed by atoms with Crippen molar-refractivity contribution in [3.63, 3.8) is 0 Å². The lowest BCUT2D eigenvalue weighted by Gasteiger charge is -2.33. The van der Waals surface area contributed by atoms with Gasteiger partial charge in [-0.3, -0.25) is 0 Å². The normalized spacial score (nSPS) is 19.4. The zero-order valence-electron chi connectivity index (χ0n) is 15.5. The largest absolute Gasteiger partial charge is 0.369 e. The fraction of sp³-hybridized carbons (Fsp3) is 0.400. The third-order valence-electron chi connectivity index (χ3n) is 5.04. The van der Waals surface area contributed by atoms with Crippen LogP contribution in [0.4, 0.5) is 0 Å². The van der Waals surface area contributed by atoms with E-state index in [4.69, 9.17) is 26.3 Å². The monoisotopic (exact) mass is 436 g/mol. The second-order valence-corrected chi connectivity index (χ2v) is 10.1. The van der Waals surface area contributed by atoms with Crippen LogP contribution in [0.15, 0.2) is 34.4 Å². The van der Waals surface area contributed by atoms with Crippen molar-refractivity contribution < 1.29 is 4.74 Å². The van der Waals surface area contributed by atoms with Gasteiger partial charge in [-0.2, -0.15) is 0 Å². The Bertz CT molecular complexity index is 991. The summed E-state index contributed by atoms with van der Waals surface area (Å²) in [7, 11) is 0. The van der Waals surface area contributed by atoms with Gasteiger partial charge in [0.15, 0.2) is 5.16 Å². The Kier molecular flexibility index (Phi) is 5.72. The molecule has 0 saturated carbocycles. The minimum Gasteiger partial charge on any atom is -0.369 e. The summed E-state index contributed by atoms with van der Waals surface area (Å²) in [6.07, 6.45) is 3.94. The number of aromatic nitrogens is 2. The maximum atomic E-state index is 6.35. The van der Waals surface area contributed by atoms with Gasteiger partial charge in [0.2, 0.25) is 0 Å². The van der Waals surface area contributed by atoms with Crippen molar-refractivity contribution in [3.05, 3.63) is 45.3 Å². The lowest BCUT2D eigenvalue weighted by atomic mass is 9.90. The van der Waals surface area contributed by atoms with Crippen molar-refractivity contribution in [2.24, 2.45) is 0 Å². The molecule has 0 radical (unpaired) electrons. The van der Waals surface area contributed by atoms with Gasteiger partial charge in [-0.05, 0) is 36.8 Å². The molecule has 4 rings (SSSR count). The summed E-state index contributed by atoms with van der Waals surface area (Å²) in [5.74, 6) is 0.797. The standard InChI is InChI=1S/C20H21ClN2OS3/c1-4-20(2)9-13-15(10-24-20)27-18-16(13)17(22-19(23-18)25-3)26-11-12-7-5-6-8-14(12)21/h5-8H,4,9-11H2,1-3H3. The summed E-state index contributed by atoms with van der Waals surface area (Å²) < 4.78 is 6.14. The van der Waals surface area contributed by atoms with E-state index in [9.17, 15) is 0 Å². The Morgan fingerprint density at radius 2 is 2.11 bits per heavy atom. The lowest BCUT2D eigenvalue weighted by molar-refractivity contribution is -0.0543. The van der Waals surface area contributed by atoms with E-state index in [2.05, 4.69) is 19.9 Å². The number of rotatable bonds is 5. The van der Waals surface area contributed by atoms with E-state index in [-0.39, 0.29) is 5.60 Å². The SMILES string of the molecule is CCC1(C)Cc2c(sc3nc(SC)nc(SCc4ccccc4Cl)c23)CO1. The van der Waals surface area contributed by atoms with Gasteiger partial charge in [-0.25, -0.2) is 9.97 Å². The molecule has 1 aliphatic heterocycles. The van der Waals surface area contributed by atoms with Crippen LogP contribution >= 0.6 is 46.5 Å². The molecular weight excluding hydrogens is 416 g/mol. The van der Waals surface area contributed by atoms with E-state index in [1.54, 1.807) is 34.9 Å². The zero-order valence-corrected chi connectivity index (χ0v) is 18.7. The van der Waals surface area contributed by atoms with Crippen LogP contribution < -0.4 is 0 Å². The van der Waals surface area contributed by atoms with Gasteiger partial charge >= 0.3 is 0 Å². The second-order valence-electron chi connectivity index (χ2n) is 6.85. The van der Waals surface area contributed by atoms with Crippen LogP contribution in [-0.2, 0) is 23.5 Å². The first-order valence-electron chi connectivity index (χ1n) is 8.89. The van der Waals surface area contributed by atoms with Crippen LogP contribution in [0, 0.1) is 0 Å². The van der Waals surface area contributed by atoms with Crippen molar-refractivity contribution in [1.82, 2.24) is 9.97 Å². The molecule has 142 valence electrons. The molecule has 0 fully saturated rings. The minimum atomic E-state index is -0.107. The average molecular weight is 437 g/mol. The Labute approximate surface area is 177 Å². The molecule has 0 saturated heterocycles. The molecule has 3 heterocycles. The van der Waals surface area contributed by atoms with Crippen molar-refractivity contribution >= 4 is 56.7 Å². The molecule has 27 heavy (non-hydrogen) atoms. The Morgan fingerprint density at radius 1 is 1.30 bits per heavy atom. The van der Waals surface area contributed by atoms with E-state index < -0.39 is 0 Å². The number of fused-ring (bicyclic) bond motifs is 3. The Morgan fingerprint density at radius 3 is 2.85 bits per heavy atom. The summed E-state index contributed by atoms with van der Waals surface area (Å²) >= 11 is 11.4. The maximum absolute atomic E-state index is 6.35. The van der Waals surface area contributed by atoms with Gasteiger partial charge in [-0.1, -0.05) is 48.5 Å². The molecule has 1 aliphatic rings. The number of nitrogens with zero attached hydrogens (tertiary/aromatic N) is 2. The van der Waals surface area contributed by atoms with E-state index in [1.807, 2.05) is 24.5 Å². The smallest absolute Gasteiger partial charge is 0.189 e. The third kappa shape index (κ3) is 3.87. The molecule has 0 N–H and O–H groups in total. The Balaban J connectivity index is 1.76. The van der Waals surface area contributed by atoms with E-state index in [1.165, 1.54) is 15.8 Å². The predicted octanol–water partition coefficient (Wildman–Crippen LogP) is 6.60. The first-order chi connectivity index (χ1) is 13.0. The molecule has 0 aliphatic carbocycles. The fourth-order valence-electron chi connectivity index (χ4n) is 3.20. The molecule has 3 aromatic rings. The van der Waals surface area contributed by atoms with E-state index >= 15 is 0 Å². The molecule has 3 nitrogen and oxygen atoms in total. The van der Waals surface area contributed by atoms with Crippen LogP contribution in [-0.4, -0.2) is 21.8 Å². The molecule has 1 atom stereocenters. The highest BCUT2D eigenvalue weighted by molar-refractivity contribution is 7.99. The number of hydrogen-bond acceptors (Lipinski definition) is 6. The van der Waals surface area contributed by atoms with Crippen molar-refractivity contribution in [2.75, 3.05) is 6.26 Å². The molecule has 1 unspecified atom stereocenters. The molecular formula is C20H21ClN2OS3. The molecule has 0 amide bonds. The quantitative estimate of drug-likeness (QED) is 0.255. The summed E-state index contributed by atoms with van der Waals surface area (Å²) in [6, 6.07) is 8.01. The number of hydrogen-bond donors (Lipinski definition) is 0. The topological polar surface area (TPSA) is 35.0 Å². The lowest BCUT2D eigenvalue weighted by Crippen LogP contribution is -2.33. The summed E-state index contributed by atoms with van der Waals surface area (Å²) in [6.45, 7) is 5.06. The van der Waals surface area contributed by atoms with E-state index in [0.717, 1.165) is 44.2 Å². The summed E-state index contributed by atoms with van der Waals surface area (Å²) in [5.41, 5.74) is 2.40. The van der Waals surface area contributed by atoms with Crippen molar-refractivity contribution in [1.29, 1.82) is 0 Å². The maximum Gasteiger partial charge on any atom is 0.189 e. The molecule has 0 bridgehead atoms. The number of ether oxygens (including phenoxy) is 1. The predicted molar refractivity (Wildman–Crippen MR) is 117 cm³/mol. The highest BCUT2D eigenvalue weighted by Gasteiger charge is 2.33. The van der Waals surface area contributed by atoms with Crippen LogP contribution in [0.5, 0.6) is 0 Å². The first kappa shape index (κ1) is 19.5. The van der Waals surface area contributed by atoms with Crippen LogP contribution in [0.1, 0.15) is 36.3 Å². The number of halogens is 1. The van der Waals surface area contributed by atoms with Gasteiger partial charge in [0.25, 0.3) is 0 Å². The van der Waals surface area contributed by atoms with Crippen LogP contribution in [0.25, 0.3) is 10.2 Å². The average Bonchev–Trinajstić information content (AvgIpc) is 3.04. The van der Waals surface area contributed by atoms with Gasteiger partial charge in [0.1, 0.15) is 9.86 Å². The highest BCUT2D eigenvalue weighted by Crippen LogP contribution is 2.43. The molecule has 7 heteroatoms. The van der Waals surface area contributed by atoms with E-state index in [0.29, 0.717) is 6.61 Å². The molecule has 0 spiro atoms. The fourth-order valence-corrected chi connectivity index (χ4v) is 6.19. The second kappa shape index (κ2) is 7.91. The van der Waals surface area contributed by atoms with Gasteiger partial charge in [0.05, 0.1) is 12.2 Å². The third-order valence-corrected chi connectivity index (χ3v) is 8.08. The van der Waals surface area contributed by atoms with Gasteiger partial charge in [0, 0.05) is 27.5 Å². The number of thiophene rings is 1. The van der Waals surface area contributed by atoms with Crippen LogP contribution in [0.2, 0.25) is 5.02 Å². The van der Waals surface area contributed by atoms with Crippen molar-refractivity contribution in [3.8, 4) is 0 Å². The number of thioether (sulfide) groups is 2. The zero-order chi connectivity index (χ0) is 19.0. The minimum absolute atomic E-state index is 0.107. The highest BCUT2D eigenvalue weighted by atomic mass is 35.5.